The van der Waals surface area contributed by atoms with E-state index in [0.29, 0.717) is 0 Å². The molecular weight excluding hydrogens is 464 g/mol. The third kappa shape index (κ3) is 4.13. The Labute approximate surface area is 196 Å². The van der Waals surface area contributed by atoms with Crippen molar-refractivity contribution in [2.24, 2.45) is 28.2 Å². The number of fused-ring (bicyclic) bond motifs is 2. The zero-order valence-electron chi connectivity index (χ0n) is 19.7. The Morgan fingerprint density at radius 3 is 1.46 bits per heavy atom. The molecule has 35 heavy (non-hydrogen) atoms. The lowest BCUT2D eigenvalue weighted by atomic mass is 10.3. The van der Waals surface area contributed by atoms with Crippen LogP contribution in [0.1, 0.15) is 0 Å². The highest BCUT2D eigenvalue weighted by molar-refractivity contribution is 5.70. The van der Waals surface area contributed by atoms with Gasteiger partial charge in [-0.15, -0.1) is 0 Å². The summed E-state index contributed by atoms with van der Waals surface area (Å²) in [6, 6.07) is 0. The summed E-state index contributed by atoms with van der Waals surface area (Å²) in [7, 11) is 5.73. The summed E-state index contributed by atoms with van der Waals surface area (Å²) >= 11 is 0. The van der Waals surface area contributed by atoms with Crippen LogP contribution in [0, 0.1) is 0 Å². The molecule has 0 aliphatic carbocycles. The summed E-state index contributed by atoms with van der Waals surface area (Å²) in [6.07, 6.45) is 0.665. The molecule has 0 amide bonds. The van der Waals surface area contributed by atoms with Crippen LogP contribution in [0.5, 0.6) is 0 Å². The molecule has 0 radical (unpaired) electrons. The highest BCUT2D eigenvalue weighted by atomic mass is 16.5. The number of imidazole rings is 2. The summed E-state index contributed by atoms with van der Waals surface area (Å²) < 4.78 is 12.7. The molecule has 0 aliphatic heterocycles. The lowest BCUT2D eigenvalue weighted by Gasteiger charge is -2.16. The third-order valence-electron chi connectivity index (χ3n) is 5.87. The minimum atomic E-state index is -1.03. The summed E-state index contributed by atoms with van der Waals surface area (Å²) in [4.78, 5) is 57.2. The van der Waals surface area contributed by atoms with Crippen molar-refractivity contribution in [3.8, 4) is 0 Å². The van der Waals surface area contributed by atoms with E-state index in [1.54, 1.807) is 0 Å². The molecule has 0 saturated carbocycles. The molecule has 0 aliphatic rings. The summed E-state index contributed by atoms with van der Waals surface area (Å²) in [6.45, 7) is -0.333. The van der Waals surface area contributed by atoms with E-state index in [9.17, 15) is 29.4 Å². The number of ether oxygens (including phenoxy) is 1. The Morgan fingerprint density at radius 1 is 0.714 bits per heavy atom. The van der Waals surface area contributed by atoms with E-state index in [1.807, 2.05) is 0 Å². The predicted molar refractivity (Wildman–Crippen MR) is 123 cm³/mol. The van der Waals surface area contributed by atoms with Crippen molar-refractivity contribution in [3.63, 3.8) is 0 Å². The third-order valence-corrected chi connectivity index (χ3v) is 5.87. The molecule has 2 unspecified atom stereocenters. The van der Waals surface area contributed by atoms with E-state index < -0.39 is 34.7 Å². The monoisotopic (exact) mass is 490 g/mol. The molecule has 0 fully saturated rings. The molecule has 4 rings (SSSR count). The van der Waals surface area contributed by atoms with E-state index in [4.69, 9.17) is 4.74 Å². The van der Waals surface area contributed by atoms with E-state index >= 15 is 0 Å². The van der Waals surface area contributed by atoms with Crippen LogP contribution in [-0.2, 0) is 46.0 Å². The van der Waals surface area contributed by atoms with E-state index in [1.165, 1.54) is 59.1 Å². The van der Waals surface area contributed by atoms with Crippen LogP contribution in [-0.4, -0.2) is 73.0 Å². The lowest BCUT2D eigenvalue weighted by Crippen LogP contribution is -2.38. The first-order valence-corrected chi connectivity index (χ1v) is 10.7. The second kappa shape index (κ2) is 9.09. The molecule has 0 aromatic carbocycles. The first-order chi connectivity index (χ1) is 16.5. The predicted octanol–water partition coefficient (Wildman–Crippen LogP) is -3.38. The van der Waals surface area contributed by atoms with Crippen molar-refractivity contribution in [1.29, 1.82) is 0 Å². The van der Waals surface area contributed by atoms with Crippen molar-refractivity contribution in [3.05, 3.63) is 54.3 Å². The number of nitrogens with zero attached hydrogens (tertiary/aromatic N) is 8. The molecular formula is C20H26N8O7. The van der Waals surface area contributed by atoms with Crippen LogP contribution in [0.4, 0.5) is 0 Å². The fourth-order valence-corrected chi connectivity index (χ4v) is 3.97. The quantitative estimate of drug-likeness (QED) is 0.255. The highest BCUT2D eigenvalue weighted by Crippen LogP contribution is 2.08. The van der Waals surface area contributed by atoms with Gasteiger partial charge in [0.05, 0.1) is 51.2 Å². The smallest absolute Gasteiger partial charge is 0.332 e. The normalized spacial score (nSPS) is 13.7. The van der Waals surface area contributed by atoms with Crippen LogP contribution in [0.15, 0.2) is 31.8 Å². The van der Waals surface area contributed by atoms with Crippen LogP contribution < -0.4 is 22.5 Å². The Hall–Kier alpha value is -3.82. The van der Waals surface area contributed by atoms with Gasteiger partial charge in [0.15, 0.2) is 22.3 Å². The van der Waals surface area contributed by atoms with Gasteiger partial charge in [-0.05, 0) is 0 Å². The van der Waals surface area contributed by atoms with Crippen LogP contribution >= 0.6 is 0 Å². The topological polar surface area (TPSA) is 173 Å². The van der Waals surface area contributed by atoms with Gasteiger partial charge in [0.2, 0.25) is 0 Å². The SMILES string of the molecule is Cn1c(=O)c2c(ncn2CC(O)COCC(O)Cn2cnc3c2c(=O)n(C)c(=O)n3C)n(C)c1=O. The molecule has 2 atom stereocenters. The van der Waals surface area contributed by atoms with Gasteiger partial charge in [-0.3, -0.25) is 27.9 Å². The summed E-state index contributed by atoms with van der Waals surface area (Å²) in [5.41, 5.74) is -1.29. The number of aromatic nitrogens is 8. The van der Waals surface area contributed by atoms with Gasteiger partial charge in [-0.1, -0.05) is 0 Å². The molecule has 15 nitrogen and oxygen atoms in total. The maximum absolute atomic E-state index is 12.5. The van der Waals surface area contributed by atoms with Crippen LogP contribution in [0.3, 0.4) is 0 Å². The maximum Gasteiger partial charge on any atom is 0.332 e. The number of aryl methyl sites for hydroxylation is 2. The zero-order valence-corrected chi connectivity index (χ0v) is 19.7. The molecule has 4 aromatic rings. The molecule has 0 bridgehead atoms. The Kier molecular flexibility index (Phi) is 6.31. The Balaban J connectivity index is 1.40. The molecule has 0 saturated heterocycles. The van der Waals surface area contributed by atoms with Gasteiger partial charge in [0, 0.05) is 28.2 Å². The van der Waals surface area contributed by atoms with Gasteiger partial charge in [-0.2, -0.15) is 0 Å². The van der Waals surface area contributed by atoms with Crippen molar-refractivity contribution >= 4 is 22.3 Å². The molecule has 0 spiro atoms. The first-order valence-electron chi connectivity index (χ1n) is 10.7. The standard InChI is InChI=1S/C20H26N8O7/c1-23-15-13(17(31)25(3)19(23)33)27(9-21-15)5-11(29)7-35-8-12(30)6-28-10-22-16-14(28)18(32)26(4)20(34)24(16)2/h9-12,29-30H,5-8H2,1-4H3. The van der Waals surface area contributed by atoms with Gasteiger partial charge >= 0.3 is 11.4 Å². The first kappa shape index (κ1) is 24.3. The average Bonchev–Trinajstić information content (AvgIpc) is 3.43. The van der Waals surface area contributed by atoms with Gasteiger partial charge in [0.25, 0.3) is 11.1 Å². The zero-order chi connectivity index (χ0) is 25.6. The number of aliphatic hydroxyl groups excluding tert-OH is 2. The molecule has 188 valence electrons. The van der Waals surface area contributed by atoms with E-state index in [-0.39, 0.29) is 48.6 Å². The summed E-state index contributed by atoms with van der Waals surface area (Å²) in [5, 5.41) is 20.7. The second-order valence-electron chi connectivity index (χ2n) is 8.39. The van der Waals surface area contributed by atoms with Gasteiger partial charge in [0.1, 0.15) is 0 Å². The lowest BCUT2D eigenvalue weighted by molar-refractivity contribution is -0.0158. The van der Waals surface area contributed by atoms with E-state index in [0.717, 1.165) is 9.13 Å². The van der Waals surface area contributed by atoms with Gasteiger partial charge in [-0.25, -0.2) is 19.6 Å². The Bertz CT molecular complexity index is 1530. The van der Waals surface area contributed by atoms with Crippen LogP contribution in [0.25, 0.3) is 22.3 Å². The molecule has 15 heteroatoms. The van der Waals surface area contributed by atoms with Gasteiger partial charge < -0.3 is 24.1 Å². The Morgan fingerprint density at radius 2 is 1.09 bits per heavy atom. The van der Waals surface area contributed by atoms with Crippen LogP contribution in [0.2, 0.25) is 0 Å². The van der Waals surface area contributed by atoms with Crippen molar-refractivity contribution in [2.45, 2.75) is 25.3 Å². The fourth-order valence-electron chi connectivity index (χ4n) is 3.97. The van der Waals surface area contributed by atoms with Crippen molar-refractivity contribution in [1.82, 2.24) is 37.4 Å². The van der Waals surface area contributed by atoms with Crippen molar-refractivity contribution < 1.29 is 14.9 Å². The number of hydrogen-bond acceptors (Lipinski definition) is 9. The summed E-state index contributed by atoms with van der Waals surface area (Å²) in [5.74, 6) is 0. The highest BCUT2D eigenvalue weighted by Gasteiger charge is 2.18. The second-order valence-corrected chi connectivity index (χ2v) is 8.39. The number of aliphatic hydroxyl groups is 2. The fraction of sp³-hybridized carbons (Fsp3) is 0.500. The molecule has 2 N–H and O–H groups in total. The molecule has 4 aromatic heterocycles. The minimum Gasteiger partial charge on any atom is -0.389 e. The minimum absolute atomic E-state index is 0.0176. The largest absolute Gasteiger partial charge is 0.389 e. The maximum atomic E-state index is 12.5. The van der Waals surface area contributed by atoms with Crippen molar-refractivity contribution in [2.75, 3.05) is 13.2 Å². The van der Waals surface area contributed by atoms with E-state index in [2.05, 4.69) is 9.97 Å². The molecule has 4 heterocycles. The number of hydrogen-bond donors (Lipinski definition) is 2. The number of rotatable bonds is 8. The average molecular weight is 490 g/mol.